The number of non-ortho nitro benzene ring substituents is 1. The molecule has 2 heterocycles. The molecule has 4 rings (SSSR count). The van der Waals surface area contributed by atoms with Gasteiger partial charge >= 0.3 is 0 Å². The van der Waals surface area contributed by atoms with E-state index in [4.69, 9.17) is 4.74 Å². The third kappa shape index (κ3) is 3.26. The van der Waals surface area contributed by atoms with Crippen molar-refractivity contribution >= 4 is 22.4 Å². The topological polar surface area (TPSA) is 92.3 Å². The molecule has 7 heteroatoms. The Bertz CT molecular complexity index is 1110. The maximum absolute atomic E-state index is 11.0. The Hall–Kier alpha value is -3.50. The van der Waals surface area contributed by atoms with Crippen LogP contribution in [0, 0.1) is 28.4 Å². The van der Waals surface area contributed by atoms with E-state index in [1.54, 1.807) is 12.1 Å². The van der Waals surface area contributed by atoms with Crippen LogP contribution in [0.1, 0.15) is 22.8 Å². The fraction of sp³-hybridized carbons (Fsp3) is 0.238. The van der Waals surface area contributed by atoms with Gasteiger partial charge in [0.1, 0.15) is 11.9 Å². The Morgan fingerprint density at radius 2 is 2.11 bits per heavy atom. The Balaban J connectivity index is 1.70. The Labute approximate surface area is 161 Å². The monoisotopic (exact) mass is 374 g/mol. The molecule has 28 heavy (non-hydrogen) atoms. The maximum Gasteiger partial charge on any atom is 0.270 e. The van der Waals surface area contributed by atoms with Crippen molar-refractivity contribution in [3.8, 4) is 6.07 Å². The summed E-state index contributed by atoms with van der Waals surface area (Å²) in [7, 11) is 0. The predicted octanol–water partition coefficient (Wildman–Crippen LogP) is 3.90. The van der Waals surface area contributed by atoms with Gasteiger partial charge in [0.2, 0.25) is 0 Å². The third-order valence-electron chi connectivity index (χ3n) is 5.04. The first kappa shape index (κ1) is 17.9. The van der Waals surface area contributed by atoms with Gasteiger partial charge in [0, 0.05) is 30.6 Å². The number of benzene rings is 2. The Morgan fingerprint density at radius 1 is 1.29 bits per heavy atom. The summed E-state index contributed by atoms with van der Waals surface area (Å²) in [4.78, 5) is 17.3. The first-order valence-electron chi connectivity index (χ1n) is 8.98. The standard InChI is InChI=1S/C21H18N4O3/c1-14-4-2-3-5-17(14)20-13-24(8-9-28-20)21-10-15(12-22)18-11-16(25(26)27)6-7-19(18)23-21/h2-7,10-11,20H,8-9,13H2,1H3. The van der Waals surface area contributed by atoms with Crippen molar-refractivity contribution in [2.75, 3.05) is 24.6 Å². The second kappa shape index (κ2) is 7.25. The second-order valence-corrected chi connectivity index (χ2v) is 6.76. The number of nitriles is 1. The van der Waals surface area contributed by atoms with Crippen molar-refractivity contribution in [3.63, 3.8) is 0 Å². The molecule has 1 aliphatic heterocycles. The minimum Gasteiger partial charge on any atom is -0.370 e. The van der Waals surface area contributed by atoms with Crippen LogP contribution >= 0.6 is 0 Å². The van der Waals surface area contributed by atoms with Crippen molar-refractivity contribution in [2.24, 2.45) is 0 Å². The molecule has 1 fully saturated rings. The molecule has 2 aromatic carbocycles. The average molecular weight is 374 g/mol. The van der Waals surface area contributed by atoms with Gasteiger partial charge in [0.25, 0.3) is 5.69 Å². The highest BCUT2D eigenvalue weighted by Crippen LogP contribution is 2.30. The number of aromatic nitrogens is 1. The summed E-state index contributed by atoms with van der Waals surface area (Å²) in [6.45, 7) is 3.91. The normalized spacial score (nSPS) is 16.7. The number of anilines is 1. The lowest BCUT2D eigenvalue weighted by molar-refractivity contribution is -0.384. The SMILES string of the molecule is Cc1ccccc1C1CN(c2cc(C#N)c3cc([N+](=O)[O-])ccc3n2)CCO1. The van der Waals surface area contributed by atoms with Crippen LogP contribution in [-0.4, -0.2) is 29.6 Å². The van der Waals surface area contributed by atoms with Crippen molar-refractivity contribution in [2.45, 2.75) is 13.0 Å². The zero-order valence-electron chi connectivity index (χ0n) is 15.3. The van der Waals surface area contributed by atoms with E-state index < -0.39 is 4.92 Å². The molecular formula is C21H18N4O3. The molecule has 0 aliphatic carbocycles. The van der Waals surface area contributed by atoms with Crippen LogP contribution in [0.2, 0.25) is 0 Å². The van der Waals surface area contributed by atoms with Crippen LogP contribution < -0.4 is 4.90 Å². The van der Waals surface area contributed by atoms with E-state index in [1.165, 1.54) is 17.7 Å². The largest absolute Gasteiger partial charge is 0.370 e. The lowest BCUT2D eigenvalue weighted by atomic mass is 10.0. The van der Waals surface area contributed by atoms with E-state index in [9.17, 15) is 15.4 Å². The van der Waals surface area contributed by atoms with Crippen LogP contribution in [0.15, 0.2) is 48.5 Å². The fourth-order valence-electron chi connectivity index (χ4n) is 3.56. The highest BCUT2D eigenvalue weighted by atomic mass is 16.6. The molecule has 1 unspecified atom stereocenters. The second-order valence-electron chi connectivity index (χ2n) is 6.76. The summed E-state index contributed by atoms with van der Waals surface area (Å²) < 4.78 is 5.97. The van der Waals surface area contributed by atoms with Gasteiger partial charge in [-0.2, -0.15) is 5.26 Å². The molecule has 3 aromatic rings. The number of nitrogens with zero attached hydrogens (tertiary/aromatic N) is 4. The van der Waals surface area contributed by atoms with E-state index in [0.717, 1.165) is 5.56 Å². The lowest BCUT2D eigenvalue weighted by Crippen LogP contribution is -2.39. The number of ether oxygens (including phenoxy) is 1. The quantitative estimate of drug-likeness (QED) is 0.510. The molecule has 0 N–H and O–H groups in total. The molecule has 0 spiro atoms. The van der Waals surface area contributed by atoms with E-state index in [-0.39, 0.29) is 11.8 Å². The highest BCUT2D eigenvalue weighted by Gasteiger charge is 2.25. The lowest BCUT2D eigenvalue weighted by Gasteiger charge is -2.34. The molecule has 1 aliphatic rings. The van der Waals surface area contributed by atoms with Crippen LogP contribution in [-0.2, 0) is 4.74 Å². The van der Waals surface area contributed by atoms with Gasteiger partial charge < -0.3 is 9.64 Å². The van der Waals surface area contributed by atoms with Crippen LogP contribution in [0.4, 0.5) is 11.5 Å². The summed E-state index contributed by atoms with van der Waals surface area (Å²) in [5.41, 5.74) is 3.21. The first-order chi connectivity index (χ1) is 13.6. The van der Waals surface area contributed by atoms with E-state index in [1.807, 2.05) is 12.1 Å². The number of nitro benzene ring substituents is 1. The van der Waals surface area contributed by atoms with Crippen molar-refractivity contribution in [3.05, 3.63) is 75.3 Å². The van der Waals surface area contributed by atoms with Gasteiger partial charge in [0.05, 0.1) is 28.7 Å². The minimum absolute atomic E-state index is 0.0514. The Morgan fingerprint density at radius 3 is 2.86 bits per heavy atom. The predicted molar refractivity (Wildman–Crippen MR) is 105 cm³/mol. The summed E-state index contributed by atoms with van der Waals surface area (Å²) in [5.74, 6) is 0.680. The number of hydrogen-bond donors (Lipinski definition) is 0. The molecule has 0 radical (unpaired) electrons. The summed E-state index contributed by atoms with van der Waals surface area (Å²) in [5, 5.41) is 21.1. The average Bonchev–Trinajstić information content (AvgIpc) is 2.73. The molecule has 7 nitrogen and oxygen atoms in total. The molecule has 140 valence electrons. The number of morpholine rings is 1. The minimum atomic E-state index is -0.469. The number of rotatable bonds is 3. The van der Waals surface area contributed by atoms with E-state index >= 15 is 0 Å². The number of aryl methyl sites for hydroxylation is 1. The smallest absolute Gasteiger partial charge is 0.270 e. The summed E-state index contributed by atoms with van der Waals surface area (Å²) in [6.07, 6.45) is -0.0742. The third-order valence-corrected chi connectivity index (χ3v) is 5.04. The molecule has 0 bridgehead atoms. The number of hydrogen-bond acceptors (Lipinski definition) is 6. The maximum atomic E-state index is 11.0. The van der Waals surface area contributed by atoms with Crippen LogP contribution in [0.3, 0.4) is 0 Å². The summed E-state index contributed by atoms with van der Waals surface area (Å²) in [6, 6.07) is 16.4. The molecule has 0 saturated carbocycles. The number of nitro groups is 1. The molecule has 0 amide bonds. The van der Waals surface area contributed by atoms with Crippen LogP contribution in [0.25, 0.3) is 10.9 Å². The van der Waals surface area contributed by atoms with Crippen molar-refractivity contribution in [1.29, 1.82) is 5.26 Å². The Kier molecular flexibility index (Phi) is 4.63. The molecule has 1 aromatic heterocycles. The number of fused-ring (bicyclic) bond motifs is 1. The molecule has 1 atom stereocenters. The van der Waals surface area contributed by atoms with E-state index in [2.05, 4.69) is 35.0 Å². The van der Waals surface area contributed by atoms with Crippen LogP contribution in [0.5, 0.6) is 0 Å². The van der Waals surface area contributed by atoms with Gasteiger partial charge in [-0.25, -0.2) is 4.98 Å². The van der Waals surface area contributed by atoms with Gasteiger partial charge in [-0.3, -0.25) is 10.1 Å². The van der Waals surface area contributed by atoms with Gasteiger partial charge in [0.15, 0.2) is 0 Å². The number of pyridine rings is 1. The van der Waals surface area contributed by atoms with E-state index in [0.29, 0.717) is 42.0 Å². The van der Waals surface area contributed by atoms with Crippen molar-refractivity contribution < 1.29 is 9.66 Å². The zero-order chi connectivity index (χ0) is 19.7. The molecular weight excluding hydrogens is 356 g/mol. The summed E-state index contributed by atoms with van der Waals surface area (Å²) >= 11 is 0. The van der Waals surface area contributed by atoms with Crippen molar-refractivity contribution in [1.82, 2.24) is 4.98 Å². The highest BCUT2D eigenvalue weighted by molar-refractivity contribution is 5.88. The fourth-order valence-corrected chi connectivity index (χ4v) is 3.56. The first-order valence-corrected chi connectivity index (χ1v) is 8.98. The van der Waals surface area contributed by atoms with Gasteiger partial charge in [-0.05, 0) is 30.2 Å². The zero-order valence-corrected chi connectivity index (χ0v) is 15.3. The molecule has 1 saturated heterocycles. The van der Waals surface area contributed by atoms with Gasteiger partial charge in [-0.15, -0.1) is 0 Å². The van der Waals surface area contributed by atoms with Gasteiger partial charge in [-0.1, -0.05) is 24.3 Å².